The van der Waals surface area contributed by atoms with Crippen molar-refractivity contribution in [2.75, 3.05) is 13.2 Å². The molecule has 1 aromatic heterocycles. The fourth-order valence-electron chi connectivity index (χ4n) is 2.55. The summed E-state index contributed by atoms with van der Waals surface area (Å²) in [6.07, 6.45) is 7.26. The highest BCUT2D eigenvalue weighted by atomic mass is 16.5. The second-order valence-electron chi connectivity index (χ2n) is 5.90. The maximum absolute atomic E-state index is 11.8. The molecule has 5 nitrogen and oxygen atoms in total. The summed E-state index contributed by atoms with van der Waals surface area (Å²) in [6, 6.07) is 13.3. The van der Waals surface area contributed by atoms with Crippen molar-refractivity contribution in [1.82, 2.24) is 10.3 Å². The van der Waals surface area contributed by atoms with E-state index in [1.165, 1.54) is 6.08 Å². The molecule has 130 valence electrons. The average Bonchev–Trinajstić information content (AvgIpc) is 3.18. The van der Waals surface area contributed by atoms with Crippen molar-refractivity contribution in [1.29, 1.82) is 0 Å². The van der Waals surface area contributed by atoms with Crippen LogP contribution in [0.1, 0.15) is 24.1 Å². The van der Waals surface area contributed by atoms with Gasteiger partial charge in [-0.3, -0.25) is 9.78 Å². The van der Waals surface area contributed by atoms with Gasteiger partial charge in [-0.25, -0.2) is 0 Å². The van der Waals surface area contributed by atoms with Crippen LogP contribution in [0.4, 0.5) is 0 Å². The molecule has 0 bridgehead atoms. The van der Waals surface area contributed by atoms with Crippen molar-refractivity contribution >= 4 is 12.0 Å². The van der Waals surface area contributed by atoms with Gasteiger partial charge in [0.2, 0.25) is 5.91 Å². The van der Waals surface area contributed by atoms with Gasteiger partial charge in [-0.1, -0.05) is 18.2 Å². The van der Waals surface area contributed by atoms with E-state index in [0.717, 1.165) is 36.5 Å². The Balaban J connectivity index is 1.41. The van der Waals surface area contributed by atoms with Crippen LogP contribution in [0.25, 0.3) is 6.08 Å². The maximum Gasteiger partial charge on any atom is 0.244 e. The summed E-state index contributed by atoms with van der Waals surface area (Å²) in [5, 5.41) is 2.85. The van der Waals surface area contributed by atoms with Crippen molar-refractivity contribution in [2.24, 2.45) is 0 Å². The molecule has 0 saturated carbocycles. The fraction of sp³-hybridized carbons (Fsp3) is 0.300. The second-order valence-corrected chi connectivity index (χ2v) is 5.90. The molecular weight excluding hydrogens is 316 g/mol. The lowest BCUT2D eigenvalue weighted by molar-refractivity contribution is -0.116. The molecule has 0 unspecified atom stereocenters. The van der Waals surface area contributed by atoms with Crippen LogP contribution in [0.15, 0.2) is 54.7 Å². The molecule has 1 fully saturated rings. The molecule has 2 heterocycles. The van der Waals surface area contributed by atoms with Crippen LogP contribution < -0.4 is 10.1 Å². The average molecular weight is 338 g/mol. The number of hydrogen-bond acceptors (Lipinski definition) is 4. The Hall–Kier alpha value is -2.66. The first kappa shape index (κ1) is 17.2. The standard InChI is InChI=1S/C20H22N2O3/c23-20(11-8-17-4-1-2-12-21-17)22-14-16-6-9-18(10-7-16)25-15-19-5-3-13-24-19/h1-2,4,6-12,19H,3,5,13-15H2,(H,22,23)/b11-8-/t19-/m1/s1. The summed E-state index contributed by atoms with van der Waals surface area (Å²) in [6.45, 7) is 1.90. The van der Waals surface area contributed by atoms with Crippen LogP contribution in [0.5, 0.6) is 5.75 Å². The van der Waals surface area contributed by atoms with Gasteiger partial charge in [-0.15, -0.1) is 0 Å². The van der Waals surface area contributed by atoms with Gasteiger partial charge in [-0.2, -0.15) is 0 Å². The molecule has 3 rings (SSSR count). The first-order chi connectivity index (χ1) is 12.3. The number of nitrogens with zero attached hydrogens (tertiary/aromatic N) is 1. The van der Waals surface area contributed by atoms with Gasteiger partial charge in [0.1, 0.15) is 12.4 Å². The van der Waals surface area contributed by atoms with Crippen LogP contribution in [0.3, 0.4) is 0 Å². The van der Waals surface area contributed by atoms with E-state index in [0.29, 0.717) is 13.2 Å². The maximum atomic E-state index is 11.8. The number of rotatable bonds is 7. The Morgan fingerprint density at radius 1 is 1.28 bits per heavy atom. The molecule has 0 radical (unpaired) electrons. The molecule has 1 saturated heterocycles. The molecular formula is C20H22N2O3. The monoisotopic (exact) mass is 338 g/mol. The lowest BCUT2D eigenvalue weighted by atomic mass is 10.2. The SMILES string of the molecule is O=C(/C=C\c1ccccn1)NCc1ccc(OC[C@H]2CCCO2)cc1. The normalized spacial score (nSPS) is 16.9. The summed E-state index contributed by atoms with van der Waals surface area (Å²) < 4.78 is 11.3. The largest absolute Gasteiger partial charge is 0.491 e. The lowest BCUT2D eigenvalue weighted by Gasteiger charge is -2.11. The van der Waals surface area contributed by atoms with Crippen molar-refractivity contribution in [3.05, 3.63) is 66.0 Å². The van der Waals surface area contributed by atoms with E-state index in [4.69, 9.17) is 9.47 Å². The zero-order chi connectivity index (χ0) is 17.3. The van der Waals surface area contributed by atoms with Gasteiger partial charge >= 0.3 is 0 Å². The van der Waals surface area contributed by atoms with Gasteiger partial charge in [0.15, 0.2) is 0 Å². The van der Waals surface area contributed by atoms with E-state index in [1.54, 1.807) is 12.3 Å². The van der Waals surface area contributed by atoms with E-state index in [9.17, 15) is 4.79 Å². The molecule has 5 heteroatoms. The second kappa shape index (κ2) is 8.99. The number of carbonyl (C=O) groups is 1. The molecule has 1 N–H and O–H groups in total. The smallest absolute Gasteiger partial charge is 0.244 e. The Kier molecular flexibility index (Phi) is 6.17. The third-order valence-electron chi connectivity index (χ3n) is 3.94. The zero-order valence-electron chi connectivity index (χ0n) is 14.1. The van der Waals surface area contributed by atoms with Crippen molar-refractivity contribution in [3.63, 3.8) is 0 Å². The third-order valence-corrected chi connectivity index (χ3v) is 3.94. The van der Waals surface area contributed by atoms with E-state index in [-0.39, 0.29) is 12.0 Å². The molecule has 0 spiro atoms. The number of nitrogens with one attached hydrogen (secondary N) is 1. The number of hydrogen-bond donors (Lipinski definition) is 1. The highest BCUT2D eigenvalue weighted by molar-refractivity contribution is 5.91. The number of ether oxygens (including phenoxy) is 2. The molecule has 2 aromatic rings. The predicted octanol–water partition coefficient (Wildman–Crippen LogP) is 2.97. The summed E-state index contributed by atoms with van der Waals surface area (Å²) in [5.74, 6) is 0.671. The van der Waals surface area contributed by atoms with E-state index < -0.39 is 0 Å². The van der Waals surface area contributed by atoms with Crippen molar-refractivity contribution in [2.45, 2.75) is 25.5 Å². The summed E-state index contributed by atoms with van der Waals surface area (Å²) in [5.41, 5.74) is 1.77. The van der Waals surface area contributed by atoms with Gasteiger partial charge in [-0.05, 0) is 48.7 Å². The van der Waals surface area contributed by atoms with Crippen LogP contribution >= 0.6 is 0 Å². The number of carbonyl (C=O) groups excluding carboxylic acids is 1. The first-order valence-corrected chi connectivity index (χ1v) is 8.50. The van der Waals surface area contributed by atoms with Crippen LogP contribution in [0.2, 0.25) is 0 Å². The van der Waals surface area contributed by atoms with Gasteiger partial charge in [0, 0.05) is 25.4 Å². The number of pyridine rings is 1. The minimum atomic E-state index is -0.149. The molecule has 1 atom stereocenters. The molecule has 1 aliphatic rings. The lowest BCUT2D eigenvalue weighted by Crippen LogP contribution is -2.20. The van der Waals surface area contributed by atoms with Crippen LogP contribution in [0, 0.1) is 0 Å². The van der Waals surface area contributed by atoms with E-state index in [1.807, 2.05) is 42.5 Å². The number of amides is 1. The highest BCUT2D eigenvalue weighted by Crippen LogP contribution is 2.16. The quantitative estimate of drug-likeness (QED) is 0.789. The van der Waals surface area contributed by atoms with Crippen molar-refractivity contribution in [3.8, 4) is 5.75 Å². The van der Waals surface area contributed by atoms with E-state index in [2.05, 4.69) is 10.3 Å². The summed E-state index contributed by atoms with van der Waals surface area (Å²) in [4.78, 5) is 16.0. The van der Waals surface area contributed by atoms with Crippen LogP contribution in [-0.2, 0) is 16.1 Å². The van der Waals surface area contributed by atoms with Gasteiger partial charge < -0.3 is 14.8 Å². The van der Waals surface area contributed by atoms with Crippen molar-refractivity contribution < 1.29 is 14.3 Å². The van der Waals surface area contributed by atoms with Crippen LogP contribution in [-0.4, -0.2) is 30.2 Å². The molecule has 1 amide bonds. The molecule has 0 aliphatic carbocycles. The van der Waals surface area contributed by atoms with Gasteiger partial charge in [0.25, 0.3) is 0 Å². The summed E-state index contributed by atoms with van der Waals surface area (Å²) in [7, 11) is 0. The third kappa shape index (κ3) is 5.72. The Morgan fingerprint density at radius 2 is 2.16 bits per heavy atom. The Labute approximate surface area is 147 Å². The number of aromatic nitrogens is 1. The molecule has 1 aliphatic heterocycles. The minimum Gasteiger partial charge on any atom is -0.491 e. The molecule has 1 aromatic carbocycles. The van der Waals surface area contributed by atoms with Gasteiger partial charge in [0.05, 0.1) is 11.8 Å². The first-order valence-electron chi connectivity index (χ1n) is 8.50. The Morgan fingerprint density at radius 3 is 2.88 bits per heavy atom. The minimum absolute atomic E-state index is 0.149. The predicted molar refractivity (Wildman–Crippen MR) is 96.0 cm³/mol. The number of benzene rings is 1. The van der Waals surface area contributed by atoms with E-state index >= 15 is 0 Å². The highest BCUT2D eigenvalue weighted by Gasteiger charge is 2.15. The zero-order valence-corrected chi connectivity index (χ0v) is 14.1. The fourth-order valence-corrected chi connectivity index (χ4v) is 2.55. The topological polar surface area (TPSA) is 60.5 Å². The molecule has 25 heavy (non-hydrogen) atoms. The Bertz CT molecular complexity index is 693. The summed E-state index contributed by atoms with van der Waals surface area (Å²) >= 11 is 0.